The van der Waals surface area contributed by atoms with Crippen molar-refractivity contribution in [1.82, 2.24) is 9.80 Å². The van der Waals surface area contributed by atoms with Gasteiger partial charge in [-0.1, -0.05) is 36.4 Å². The zero-order valence-electron chi connectivity index (χ0n) is 26.4. The minimum Gasteiger partial charge on any atom is -0.444 e. The molecule has 3 aromatic carbocycles. The number of carbonyl (C=O) groups excluding carboxylic acids is 3. The highest BCUT2D eigenvalue weighted by atomic mass is 19.1. The van der Waals surface area contributed by atoms with Crippen LogP contribution in [0.2, 0.25) is 0 Å². The molecule has 1 fully saturated rings. The van der Waals surface area contributed by atoms with Gasteiger partial charge in [-0.15, -0.1) is 0 Å². The number of ether oxygens (including phenoxy) is 1. The van der Waals surface area contributed by atoms with Crippen LogP contribution in [0.1, 0.15) is 51.7 Å². The van der Waals surface area contributed by atoms with Crippen LogP contribution < -0.4 is 10.2 Å². The van der Waals surface area contributed by atoms with Gasteiger partial charge in [-0.05, 0) is 82.1 Å². The van der Waals surface area contributed by atoms with Crippen molar-refractivity contribution in [2.75, 3.05) is 42.9 Å². The van der Waals surface area contributed by atoms with Crippen LogP contribution in [-0.4, -0.2) is 77.8 Å². The van der Waals surface area contributed by atoms with E-state index in [0.717, 1.165) is 11.3 Å². The van der Waals surface area contributed by atoms with Crippen molar-refractivity contribution in [3.8, 4) is 0 Å². The zero-order chi connectivity index (χ0) is 32.3. The van der Waals surface area contributed by atoms with Gasteiger partial charge in [0, 0.05) is 43.6 Å². The molecule has 2 aliphatic heterocycles. The molecule has 0 bridgehead atoms. The van der Waals surface area contributed by atoms with E-state index < -0.39 is 17.3 Å². The van der Waals surface area contributed by atoms with Crippen molar-refractivity contribution in [3.63, 3.8) is 0 Å². The molecule has 0 aromatic heterocycles. The third kappa shape index (κ3) is 7.57. The maximum absolute atomic E-state index is 13.9. The van der Waals surface area contributed by atoms with Gasteiger partial charge in [0.05, 0.1) is 17.9 Å². The highest BCUT2D eigenvalue weighted by Gasteiger charge is 2.36. The molecule has 236 valence electrons. The maximum atomic E-state index is 13.9. The molecular weight excluding hydrogens is 573 g/mol. The monoisotopic (exact) mass is 613 g/mol. The van der Waals surface area contributed by atoms with E-state index in [9.17, 15) is 18.8 Å². The first-order valence-electron chi connectivity index (χ1n) is 15.3. The number of hydrogen-bond acceptors (Lipinski definition) is 6. The number of benzene rings is 3. The normalized spacial score (nSPS) is 17.2. The molecule has 0 radical (unpaired) electrons. The van der Waals surface area contributed by atoms with Crippen LogP contribution in [0.5, 0.6) is 0 Å². The van der Waals surface area contributed by atoms with Gasteiger partial charge < -0.3 is 19.9 Å². The SMILES string of the molecule is CC(C)N(C(=O)CN1CCN(C(=O)OC(C)(C)C)CC1)c1ccc(N=C(c2ccccc2)C2C(=O)Nc3cc(F)ccc32)cc1. The van der Waals surface area contributed by atoms with Gasteiger partial charge in [0.1, 0.15) is 17.3 Å². The van der Waals surface area contributed by atoms with E-state index in [2.05, 4.69) is 10.2 Å². The van der Waals surface area contributed by atoms with Crippen molar-refractivity contribution in [1.29, 1.82) is 0 Å². The average Bonchev–Trinajstić information content (AvgIpc) is 3.30. The Kier molecular flexibility index (Phi) is 9.34. The fourth-order valence-corrected chi connectivity index (χ4v) is 5.65. The Morgan fingerprint density at radius 2 is 1.67 bits per heavy atom. The minimum absolute atomic E-state index is 0.0385. The largest absolute Gasteiger partial charge is 0.444 e. The highest BCUT2D eigenvalue weighted by Crippen LogP contribution is 2.37. The molecule has 1 N–H and O–H groups in total. The topological polar surface area (TPSA) is 94.6 Å². The Hall–Kier alpha value is -4.57. The highest BCUT2D eigenvalue weighted by molar-refractivity contribution is 6.24. The quantitative estimate of drug-likeness (QED) is 0.331. The van der Waals surface area contributed by atoms with Gasteiger partial charge in [-0.2, -0.15) is 0 Å². The summed E-state index contributed by atoms with van der Waals surface area (Å²) in [6.45, 7) is 11.9. The summed E-state index contributed by atoms with van der Waals surface area (Å²) in [5.74, 6) is -1.43. The van der Waals surface area contributed by atoms with Crippen molar-refractivity contribution < 1.29 is 23.5 Å². The molecule has 0 spiro atoms. The van der Waals surface area contributed by atoms with Crippen molar-refractivity contribution in [3.05, 3.63) is 89.7 Å². The fourth-order valence-electron chi connectivity index (χ4n) is 5.65. The molecule has 5 rings (SSSR count). The van der Waals surface area contributed by atoms with E-state index in [0.29, 0.717) is 48.8 Å². The molecule has 3 aromatic rings. The van der Waals surface area contributed by atoms with Crippen molar-refractivity contribution in [2.24, 2.45) is 4.99 Å². The van der Waals surface area contributed by atoms with Crippen LogP contribution in [0.15, 0.2) is 77.8 Å². The zero-order valence-corrected chi connectivity index (χ0v) is 26.4. The van der Waals surface area contributed by atoms with Crippen LogP contribution in [0.4, 0.5) is 26.2 Å². The summed E-state index contributed by atoms with van der Waals surface area (Å²) in [6.07, 6.45) is -0.331. The molecule has 10 heteroatoms. The van der Waals surface area contributed by atoms with E-state index in [1.165, 1.54) is 12.1 Å². The van der Waals surface area contributed by atoms with Gasteiger partial charge in [0.25, 0.3) is 0 Å². The van der Waals surface area contributed by atoms with Crippen LogP contribution in [0.25, 0.3) is 0 Å². The Morgan fingerprint density at radius 3 is 2.29 bits per heavy atom. The van der Waals surface area contributed by atoms with Crippen molar-refractivity contribution >= 4 is 40.7 Å². The molecule has 0 aliphatic carbocycles. The first-order valence-corrected chi connectivity index (χ1v) is 15.3. The van der Waals surface area contributed by atoms with Crippen molar-refractivity contribution in [2.45, 2.75) is 52.2 Å². The summed E-state index contributed by atoms with van der Waals surface area (Å²) in [7, 11) is 0. The summed E-state index contributed by atoms with van der Waals surface area (Å²) in [5, 5.41) is 2.79. The van der Waals surface area contributed by atoms with Gasteiger partial charge in [-0.25, -0.2) is 9.18 Å². The smallest absolute Gasteiger partial charge is 0.410 e. The van der Waals surface area contributed by atoms with Gasteiger partial charge in [-0.3, -0.25) is 19.5 Å². The molecule has 1 saturated heterocycles. The lowest BCUT2D eigenvalue weighted by atomic mass is 9.90. The molecular formula is C35H40FN5O4. The predicted octanol–water partition coefficient (Wildman–Crippen LogP) is 5.98. The maximum Gasteiger partial charge on any atom is 0.410 e. The Balaban J connectivity index is 1.32. The van der Waals surface area contributed by atoms with Crippen LogP contribution in [0.3, 0.4) is 0 Å². The van der Waals surface area contributed by atoms with Gasteiger partial charge >= 0.3 is 6.09 Å². The fraction of sp³-hybridized carbons (Fsp3) is 0.371. The number of nitrogens with one attached hydrogen (secondary N) is 1. The van der Waals surface area contributed by atoms with E-state index in [-0.39, 0.29) is 30.5 Å². The third-order valence-corrected chi connectivity index (χ3v) is 7.73. The number of hydrogen-bond donors (Lipinski definition) is 1. The van der Waals surface area contributed by atoms with Gasteiger partial charge in [0.2, 0.25) is 11.8 Å². The second-order valence-electron chi connectivity index (χ2n) is 12.6. The van der Waals surface area contributed by atoms with E-state index in [1.54, 1.807) is 15.9 Å². The molecule has 1 unspecified atom stereocenters. The summed E-state index contributed by atoms with van der Waals surface area (Å²) < 4.78 is 19.4. The number of carbonyl (C=O) groups is 3. The molecule has 0 saturated carbocycles. The standard InChI is InChI=1S/C35H40FN5O4/c1-23(2)41(30(42)22-39-17-19-40(20-18-39)34(44)45-35(3,4)5)27-14-12-26(13-15-27)37-32(24-9-7-6-8-10-24)31-28-16-11-25(36)21-29(28)38-33(31)43/h6-16,21,23,31H,17-20,22H2,1-5H3,(H,38,43). The van der Waals surface area contributed by atoms with E-state index >= 15 is 0 Å². The number of rotatable bonds is 7. The first-order chi connectivity index (χ1) is 21.4. The number of amides is 3. The van der Waals surface area contributed by atoms with Crippen LogP contribution in [0, 0.1) is 5.82 Å². The van der Waals surface area contributed by atoms with E-state index in [1.807, 2.05) is 89.2 Å². The summed E-state index contributed by atoms with van der Waals surface area (Å²) >= 11 is 0. The number of fused-ring (bicyclic) bond motifs is 1. The Morgan fingerprint density at radius 1 is 1.00 bits per heavy atom. The molecule has 3 amide bonds. The Labute approximate surface area is 263 Å². The second-order valence-corrected chi connectivity index (χ2v) is 12.6. The molecule has 9 nitrogen and oxygen atoms in total. The first kappa shape index (κ1) is 31.8. The molecule has 2 heterocycles. The molecule has 1 atom stereocenters. The lowest BCUT2D eigenvalue weighted by Crippen LogP contribution is -2.53. The predicted molar refractivity (Wildman–Crippen MR) is 174 cm³/mol. The average molecular weight is 614 g/mol. The summed E-state index contributed by atoms with van der Waals surface area (Å²) in [6, 6.07) is 21.0. The number of halogens is 1. The number of aliphatic imine (C=N–C) groups is 1. The number of piperazine rings is 1. The second kappa shape index (κ2) is 13.2. The lowest BCUT2D eigenvalue weighted by Gasteiger charge is -2.36. The Bertz CT molecular complexity index is 1580. The lowest BCUT2D eigenvalue weighted by molar-refractivity contribution is -0.120. The number of anilines is 2. The van der Waals surface area contributed by atoms with Gasteiger partial charge in [0.15, 0.2) is 0 Å². The third-order valence-electron chi connectivity index (χ3n) is 7.73. The summed E-state index contributed by atoms with van der Waals surface area (Å²) in [5.41, 5.74) is 3.25. The minimum atomic E-state index is -0.702. The van der Waals surface area contributed by atoms with E-state index in [4.69, 9.17) is 9.73 Å². The molecule has 45 heavy (non-hydrogen) atoms. The molecule has 2 aliphatic rings. The van der Waals surface area contributed by atoms with Crippen LogP contribution >= 0.6 is 0 Å². The van der Waals surface area contributed by atoms with Crippen LogP contribution in [-0.2, 0) is 14.3 Å². The number of nitrogens with zero attached hydrogens (tertiary/aromatic N) is 4. The summed E-state index contributed by atoms with van der Waals surface area (Å²) in [4.78, 5) is 49.5.